The molecule has 0 bridgehead atoms. The van der Waals surface area contributed by atoms with E-state index in [0.29, 0.717) is 11.4 Å². The lowest BCUT2D eigenvalue weighted by molar-refractivity contribution is 0.100. The fourth-order valence-corrected chi connectivity index (χ4v) is 1.50. The number of aromatic nitrogens is 1. The number of rotatable bonds is 3. The van der Waals surface area contributed by atoms with Gasteiger partial charge in [-0.25, -0.2) is 4.98 Å². The van der Waals surface area contributed by atoms with Crippen molar-refractivity contribution >= 4 is 5.91 Å². The Kier molecular flexibility index (Phi) is 3.05. The summed E-state index contributed by atoms with van der Waals surface area (Å²) in [4.78, 5) is 15.0. The van der Waals surface area contributed by atoms with Gasteiger partial charge in [-0.15, -0.1) is 0 Å². The molecule has 1 aromatic heterocycles. The van der Waals surface area contributed by atoms with Crippen molar-refractivity contribution in [3.63, 3.8) is 0 Å². The molecule has 2 aromatic rings. The number of nitrogens with zero attached hydrogens (tertiary/aromatic N) is 1. The van der Waals surface area contributed by atoms with E-state index in [-0.39, 0.29) is 0 Å². The molecule has 4 nitrogen and oxygen atoms in total. The molecule has 0 aliphatic heterocycles. The van der Waals surface area contributed by atoms with E-state index < -0.39 is 5.91 Å². The Morgan fingerprint density at radius 2 is 1.76 bits per heavy atom. The van der Waals surface area contributed by atoms with Crippen molar-refractivity contribution in [3.8, 4) is 17.0 Å². The molecular weight excluding hydrogens is 216 g/mol. The number of carbonyl (C=O) groups excluding carboxylic acids is 1. The standard InChI is InChI=1S/C13H12N2O2/c1-17-12-7-6-11(8-15-12)9-2-4-10(5-3-9)13(14)16/h2-8H,1H3,(H2,14,16). The van der Waals surface area contributed by atoms with Crippen LogP contribution in [0.25, 0.3) is 11.1 Å². The summed E-state index contributed by atoms with van der Waals surface area (Å²) in [7, 11) is 1.57. The molecule has 1 amide bonds. The maximum absolute atomic E-state index is 10.9. The lowest BCUT2D eigenvalue weighted by Gasteiger charge is -2.03. The highest BCUT2D eigenvalue weighted by Gasteiger charge is 2.02. The number of primary amides is 1. The number of benzene rings is 1. The molecule has 0 saturated heterocycles. The van der Waals surface area contributed by atoms with Gasteiger partial charge in [0, 0.05) is 23.4 Å². The number of methoxy groups -OCH3 is 1. The van der Waals surface area contributed by atoms with Crippen LogP contribution in [0.1, 0.15) is 10.4 Å². The highest BCUT2D eigenvalue weighted by atomic mass is 16.5. The van der Waals surface area contributed by atoms with E-state index in [2.05, 4.69) is 4.98 Å². The van der Waals surface area contributed by atoms with Crippen LogP contribution in [0.2, 0.25) is 0 Å². The first kappa shape index (κ1) is 11.1. The zero-order chi connectivity index (χ0) is 12.3. The molecule has 0 spiro atoms. The summed E-state index contributed by atoms with van der Waals surface area (Å²) in [6.45, 7) is 0. The van der Waals surface area contributed by atoms with Crippen LogP contribution in [0.4, 0.5) is 0 Å². The lowest BCUT2D eigenvalue weighted by atomic mass is 10.1. The second-order valence-electron chi connectivity index (χ2n) is 3.53. The highest BCUT2D eigenvalue weighted by molar-refractivity contribution is 5.93. The summed E-state index contributed by atoms with van der Waals surface area (Å²) >= 11 is 0. The molecule has 0 aliphatic carbocycles. The lowest BCUT2D eigenvalue weighted by Crippen LogP contribution is -2.10. The molecule has 1 aromatic carbocycles. The van der Waals surface area contributed by atoms with Gasteiger partial charge in [0.1, 0.15) is 0 Å². The minimum Gasteiger partial charge on any atom is -0.481 e. The fourth-order valence-electron chi connectivity index (χ4n) is 1.50. The minimum absolute atomic E-state index is 0.426. The van der Waals surface area contributed by atoms with Gasteiger partial charge in [-0.3, -0.25) is 4.79 Å². The molecule has 0 radical (unpaired) electrons. The van der Waals surface area contributed by atoms with Crippen LogP contribution < -0.4 is 10.5 Å². The van der Waals surface area contributed by atoms with Crippen LogP contribution >= 0.6 is 0 Å². The van der Waals surface area contributed by atoms with Crippen LogP contribution in [-0.4, -0.2) is 18.0 Å². The van der Waals surface area contributed by atoms with Gasteiger partial charge in [0.05, 0.1) is 7.11 Å². The average Bonchev–Trinajstić information content (AvgIpc) is 2.39. The Bertz CT molecular complexity index is 518. The largest absolute Gasteiger partial charge is 0.481 e. The second kappa shape index (κ2) is 4.65. The van der Waals surface area contributed by atoms with Crippen molar-refractivity contribution in [2.24, 2.45) is 5.73 Å². The maximum Gasteiger partial charge on any atom is 0.248 e. The Labute approximate surface area is 99.1 Å². The predicted molar refractivity (Wildman–Crippen MR) is 64.7 cm³/mol. The van der Waals surface area contributed by atoms with Crippen LogP contribution in [-0.2, 0) is 0 Å². The van der Waals surface area contributed by atoms with E-state index >= 15 is 0 Å². The van der Waals surface area contributed by atoms with E-state index in [4.69, 9.17) is 10.5 Å². The minimum atomic E-state index is -0.426. The molecule has 0 saturated carbocycles. The predicted octanol–water partition coefficient (Wildman–Crippen LogP) is 1.86. The van der Waals surface area contributed by atoms with Crippen molar-refractivity contribution in [1.82, 2.24) is 4.98 Å². The summed E-state index contributed by atoms with van der Waals surface area (Å²) in [5.41, 5.74) is 7.61. The summed E-state index contributed by atoms with van der Waals surface area (Å²) in [5, 5.41) is 0. The van der Waals surface area contributed by atoms with Gasteiger partial charge in [-0.2, -0.15) is 0 Å². The third-order valence-electron chi connectivity index (χ3n) is 2.45. The smallest absolute Gasteiger partial charge is 0.248 e. The molecule has 0 fully saturated rings. The van der Waals surface area contributed by atoms with E-state index in [0.717, 1.165) is 11.1 Å². The normalized spacial score (nSPS) is 9.94. The van der Waals surface area contributed by atoms with Crippen molar-refractivity contribution in [3.05, 3.63) is 48.2 Å². The highest BCUT2D eigenvalue weighted by Crippen LogP contribution is 2.20. The fraction of sp³-hybridized carbons (Fsp3) is 0.0769. The average molecular weight is 228 g/mol. The van der Waals surface area contributed by atoms with Crippen LogP contribution in [0.15, 0.2) is 42.6 Å². The molecule has 1 heterocycles. The van der Waals surface area contributed by atoms with Crippen molar-refractivity contribution in [2.75, 3.05) is 7.11 Å². The number of hydrogen-bond acceptors (Lipinski definition) is 3. The SMILES string of the molecule is COc1ccc(-c2ccc(C(N)=O)cc2)cn1. The Hall–Kier alpha value is -2.36. The molecule has 2 N–H and O–H groups in total. The van der Waals surface area contributed by atoms with Crippen LogP contribution in [0.5, 0.6) is 5.88 Å². The number of nitrogens with two attached hydrogens (primary N) is 1. The number of hydrogen-bond donors (Lipinski definition) is 1. The van der Waals surface area contributed by atoms with Crippen molar-refractivity contribution < 1.29 is 9.53 Å². The second-order valence-corrected chi connectivity index (χ2v) is 3.53. The molecule has 0 aliphatic rings. The maximum atomic E-state index is 10.9. The van der Waals surface area contributed by atoms with E-state index in [9.17, 15) is 4.79 Å². The Balaban J connectivity index is 2.29. The monoisotopic (exact) mass is 228 g/mol. The third-order valence-corrected chi connectivity index (χ3v) is 2.45. The Morgan fingerprint density at radius 3 is 2.24 bits per heavy atom. The first-order valence-electron chi connectivity index (χ1n) is 5.11. The summed E-state index contributed by atoms with van der Waals surface area (Å²) in [6.07, 6.45) is 1.72. The van der Waals surface area contributed by atoms with Gasteiger partial charge in [0.2, 0.25) is 11.8 Å². The van der Waals surface area contributed by atoms with E-state index in [1.807, 2.05) is 18.2 Å². The van der Waals surface area contributed by atoms with E-state index in [1.54, 1.807) is 31.5 Å². The topological polar surface area (TPSA) is 65.2 Å². The van der Waals surface area contributed by atoms with Gasteiger partial charge < -0.3 is 10.5 Å². The molecule has 4 heteroatoms. The summed E-state index contributed by atoms with van der Waals surface area (Å²) in [6, 6.07) is 10.8. The van der Waals surface area contributed by atoms with Gasteiger partial charge >= 0.3 is 0 Å². The van der Waals surface area contributed by atoms with Crippen LogP contribution in [0.3, 0.4) is 0 Å². The molecule has 86 valence electrons. The number of pyridine rings is 1. The Morgan fingerprint density at radius 1 is 1.12 bits per heavy atom. The van der Waals surface area contributed by atoms with E-state index in [1.165, 1.54) is 0 Å². The van der Waals surface area contributed by atoms with Gasteiger partial charge in [0.15, 0.2) is 0 Å². The number of carbonyl (C=O) groups is 1. The zero-order valence-corrected chi connectivity index (χ0v) is 9.38. The molecule has 0 unspecified atom stereocenters. The number of ether oxygens (including phenoxy) is 1. The van der Waals surface area contributed by atoms with Gasteiger partial charge in [-0.1, -0.05) is 12.1 Å². The number of amides is 1. The van der Waals surface area contributed by atoms with Crippen molar-refractivity contribution in [2.45, 2.75) is 0 Å². The molecule has 2 rings (SSSR count). The van der Waals surface area contributed by atoms with Gasteiger partial charge in [0.25, 0.3) is 0 Å². The zero-order valence-electron chi connectivity index (χ0n) is 9.38. The van der Waals surface area contributed by atoms with Crippen LogP contribution in [0, 0.1) is 0 Å². The molecule has 17 heavy (non-hydrogen) atoms. The van der Waals surface area contributed by atoms with Gasteiger partial charge in [-0.05, 0) is 23.8 Å². The third kappa shape index (κ3) is 2.42. The van der Waals surface area contributed by atoms with Crippen molar-refractivity contribution in [1.29, 1.82) is 0 Å². The molecule has 0 atom stereocenters. The first-order chi connectivity index (χ1) is 8.20. The quantitative estimate of drug-likeness (QED) is 0.871. The molecular formula is C13H12N2O2. The first-order valence-corrected chi connectivity index (χ1v) is 5.11. The summed E-state index contributed by atoms with van der Waals surface area (Å²) in [5.74, 6) is 0.145. The summed E-state index contributed by atoms with van der Waals surface area (Å²) < 4.78 is 4.98.